The molecule has 1 aliphatic rings. The predicted octanol–water partition coefficient (Wildman–Crippen LogP) is 5.47. The zero-order valence-corrected chi connectivity index (χ0v) is 19.9. The van der Waals surface area contributed by atoms with Crippen molar-refractivity contribution in [3.8, 4) is 5.75 Å². The number of nitrogens with zero attached hydrogens (tertiary/aromatic N) is 2. The minimum Gasteiger partial charge on any atom is -0.497 e. The number of ether oxygens (including phenoxy) is 2. The average Bonchev–Trinajstić information content (AvgIpc) is 3.30. The van der Waals surface area contributed by atoms with Crippen LogP contribution in [0.2, 0.25) is 10.0 Å². The lowest BCUT2D eigenvalue weighted by molar-refractivity contribution is -0.152. The zero-order valence-electron chi connectivity index (χ0n) is 18.4. The third-order valence-corrected chi connectivity index (χ3v) is 6.07. The molecule has 1 unspecified atom stereocenters. The van der Waals surface area contributed by atoms with E-state index in [9.17, 15) is 9.59 Å². The number of hydrazone groups is 1. The standard InChI is InChI=1S/C26H22Cl2N2O4/c1-33-21-11-8-18(9-12-21)24-15-23(17-5-3-2-4-6-17)29-30(24)25(31)16-34-26(32)13-19-7-10-20(27)14-22(19)28/h2-12,14,24H,13,15-16H2,1H3. The van der Waals surface area contributed by atoms with E-state index in [1.807, 2.05) is 54.6 Å². The molecule has 1 aliphatic heterocycles. The molecule has 1 heterocycles. The van der Waals surface area contributed by atoms with Crippen molar-refractivity contribution in [3.63, 3.8) is 0 Å². The Kier molecular flexibility index (Phi) is 7.50. The maximum absolute atomic E-state index is 13.1. The Morgan fingerprint density at radius 2 is 1.76 bits per heavy atom. The molecule has 0 bridgehead atoms. The molecule has 1 atom stereocenters. The summed E-state index contributed by atoms with van der Waals surface area (Å²) in [6.07, 6.45) is 0.472. The second-order valence-electron chi connectivity index (χ2n) is 7.72. The summed E-state index contributed by atoms with van der Waals surface area (Å²) >= 11 is 12.0. The minimum absolute atomic E-state index is 0.0658. The Morgan fingerprint density at radius 3 is 2.44 bits per heavy atom. The van der Waals surface area contributed by atoms with Crippen LogP contribution in [-0.4, -0.2) is 36.3 Å². The van der Waals surface area contributed by atoms with Crippen LogP contribution in [0.5, 0.6) is 5.75 Å². The summed E-state index contributed by atoms with van der Waals surface area (Å²) in [5.74, 6) is -0.258. The lowest BCUT2D eigenvalue weighted by Gasteiger charge is -2.22. The van der Waals surface area contributed by atoms with Gasteiger partial charge in [-0.15, -0.1) is 0 Å². The van der Waals surface area contributed by atoms with Crippen LogP contribution in [0.15, 0.2) is 77.9 Å². The van der Waals surface area contributed by atoms with Crippen molar-refractivity contribution in [2.24, 2.45) is 5.10 Å². The van der Waals surface area contributed by atoms with Crippen LogP contribution < -0.4 is 4.74 Å². The molecular weight excluding hydrogens is 475 g/mol. The van der Waals surface area contributed by atoms with E-state index in [0.29, 0.717) is 22.0 Å². The molecule has 3 aromatic rings. The van der Waals surface area contributed by atoms with Gasteiger partial charge in [0.05, 0.1) is 25.3 Å². The third kappa shape index (κ3) is 5.58. The SMILES string of the molecule is COc1ccc(C2CC(c3ccccc3)=NN2C(=O)COC(=O)Cc2ccc(Cl)cc2Cl)cc1. The summed E-state index contributed by atoms with van der Waals surface area (Å²) in [4.78, 5) is 25.4. The van der Waals surface area contributed by atoms with Crippen LogP contribution in [-0.2, 0) is 20.7 Å². The van der Waals surface area contributed by atoms with Crippen molar-refractivity contribution in [1.29, 1.82) is 0 Å². The number of rotatable bonds is 7. The number of carbonyl (C=O) groups excluding carboxylic acids is 2. The minimum atomic E-state index is -0.565. The van der Waals surface area contributed by atoms with Gasteiger partial charge in [-0.25, -0.2) is 5.01 Å². The number of methoxy groups -OCH3 is 1. The molecule has 0 spiro atoms. The van der Waals surface area contributed by atoms with E-state index < -0.39 is 18.5 Å². The number of halogens is 2. The van der Waals surface area contributed by atoms with Crippen molar-refractivity contribution in [2.75, 3.05) is 13.7 Å². The lowest BCUT2D eigenvalue weighted by Crippen LogP contribution is -2.31. The third-order valence-electron chi connectivity index (χ3n) is 5.48. The van der Waals surface area contributed by atoms with Crippen LogP contribution in [0, 0.1) is 0 Å². The number of esters is 1. The molecule has 0 fully saturated rings. The lowest BCUT2D eigenvalue weighted by atomic mass is 9.98. The number of hydrogen-bond donors (Lipinski definition) is 0. The van der Waals surface area contributed by atoms with E-state index >= 15 is 0 Å². The van der Waals surface area contributed by atoms with Gasteiger partial charge in [0.1, 0.15) is 5.75 Å². The smallest absolute Gasteiger partial charge is 0.310 e. The van der Waals surface area contributed by atoms with E-state index in [-0.39, 0.29) is 12.5 Å². The van der Waals surface area contributed by atoms with Crippen LogP contribution in [0.4, 0.5) is 0 Å². The topological polar surface area (TPSA) is 68.2 Å². The second-order valence-corrected chi connectivity index (χ2v) is 8.56. The zero-order chi connectivity index (χ0) is 24.1. The number of benzene rings is 3. The van der Waals surface area contributed by atoms with Gasteiger partial charge in [-0.3, -0.25) is 9.59 Å². The monoisotopic (exact) mass is 496 g/mol. The van der Waals surface area contributed by atoms with E-state index in [1.54, 1.807) is 25.3 Å². The van der Waals surface area contributed by atoms with Gasteiger partial charge < -0.3 is 9.47 Å². The van der Waals surface area contributed by atoms with E-state index in [0.717, 1.165) is 22.6 Å². The number of hydrogen-bond acceptors (Lipinski definition) is 5. The van der Waals surface area contributed by atoms with Crippen LogP contribution in [0.25, 0.3) is 0 Å². The summed E-state index contributed by atoms with van der Waals surface area (Å²) in [5, 5.41) is 6.82. The molecule has 6 nitrogen and oxygen atoms in total. The summed E-state index contributed by atoms with van der Waals surface area (Å²) < 4.78 is 10.5. The van der Waals surface area contributed by atoms with Gasteiger partial charge in [0.25, 0.3) is 5.91 Å². The molecule has 0 saturated carbocycles. The highest BCUT2D eigenvalue weighted by Gasteiger charge is 2.33. The van der Waals surface area contributed by atoms with Crippen molar-refractivity contribution in [1.82, 2.24) is 5.01 Å². The molecule has 0 N–H and O–H groups in total. The van der Waals surface area contributed by atoms with Gasteiger partial charge in [0.15, 0.2) is 6.61 Å². The Bertz CT molecular complexity index is 1210. The maximum atomic E-state index is 13.1. The quantitative estimate of drug-likeness (QED) is 0.407. The molecule has 8 heteroatoms. The van der Waals surface area contributed by atoms with Gasteiger partial charge >= 0.3 is 5.97 Å². The van der Waals surface area contributed by atoms with Crippen molar-refractivity contribution < 1.29 is 19.1 Å². The van der Waals surface area contributed by atoms with Gasteiger partial charge in [-0.2, -0.15) is 5.10 Å². The first-order chi connectivity index (χ1) is 16.4. The summed E-state index contributed by atoms with van der Waals surface area (Å²) in [6.45, 7) is -0.428. The highest BCUT2D eigenvalue weighted by molar-refractivity contribution is 6.35. The van der Waals surface area contributed by atoms with Crippen molar-refractivity contribution in [2.45, 2.75) is 18.9 Å². The summed E-state index contributed by atoms with van der Waals surface area (Å²) in [6, 6.07) is 21.7. The normalized spacial score (nSPS) is 15.1. The average molecular weight is 497 g/mol. The molecule has 0 aromatic heterocycles. The summed E-state index contributed by atoms with van der Waals surface area (Å²) in [7, 11) is 1.60. The fourth-order valence-corrected chi connectivity index (χ4v) is 4.19. The van der Waals surface area contributed by atoms with E-state index in [2.05, 4.69) is 5.10 Å². The second kappa shape index (κ2) is 10.7. The molecular formula is C26H22Cl2N2O4. The van der Waals surface area contributed by atoms with Crippen LogP contribution in [0.1, 0.15) is 29.2 Å². The molecule has 0 aliphatic carbocycles. The molecule has 3 aromatic carbocycles. The van der Waals surface area contributed by atoms with Gasteiger partial charge in [-0.05, 0) is 41.0 Å². The first-order valence-electron chi connectivity index (χ1n) is 10.6. The van der Waals surface area contributed by atoms with Gasteiger partial charge in [0.2, 0.25) is 0 Å². The Labute approximate surface area is 207 Å². The molecule has 1 amide bonds. The fourth-order valence-electron chi connectivity index (χ4n) is 3.71. The van der Waals surface area contributed by atoms with E-state index in [4.69, 9.17) is 32.7 Å². The van der Waals surface area contributed by atoms with Gasteiger partial charge in [0, 0.05) is 16.5 Å². The highest BCUT2D eigenvalue weighted by Crippen LogP contribution is 2.33. The molecule has 174 valence electrons. The number of amides is 1. The largest absolute Gasteiger partial charge is 0.497 e. The number of carbonyl (C=O) groups is 2. The highest BCUT2D eigenvalue weighted by atomic mass is 35.5. The first-order valence-corrected chi connectivity index (χ1v) is 11.4. The molecule has 0 saturated heterocycles. The predicted molar refractivity (Wildman–Crippen MR) is 131 cm³/mol. The Hall–Kier alpha value is -3.35. The first kappa shape index (κ1) is 23.8. The van der Waals surface area contributed by atoms with Crippen LogP contribution in [0.3, 0.4) is 0 Å². The van der Waals surface area contributed by atoms with Crippen LogP contribution >= 0.6 is 23.2 Å². The Morgan fingerprint density at radius 1 is 1.03 bits per heavy atom. The molecule has 34 heavy (non-hydrogen) atoms. The molecule has 0 radical (unpaired) electrons. The van der Waals surface area contributed by atoms with E-state index in [1.165, 1.54) is 5.01 Å². The van der Waals surface area contributed by atoms with Crippen molar-refractivity contribution in [3.05, 3.63) is 99.5 Å². The summed E-state index contributed by atoms with van der Waals surface area (Å²) in [5.41, 5.74) is 3.20. The van der Waals surface area contributed by atoms with Crippen molar-refractivity contribution >= 4 is 40.8 Å². The Balaban J connectivity index is 1.48. The fraction of sp³-hybridized carbons (Fsp3) is 0.192. The van der Waals surface area contributed by atoms with Gasteiger partial charge in [-0.1, -0.05) is 71.7 Å². The maximum Gasteiger partial charge on any atom is 0.310 e. The molecule has 4 rings (SSSR count).